The van der Waals surface area contributed by atoms with Crippen molar-refractivity contribution in [2.24, 2.45) is 0 Å². The number of anilines is 1. The summed E-state index contributed by atoms with van der Waals surface area (Å²) in [5.74, 6) is -0.354. The summed E-state index contributed by atoms with van der Waals surface area (Å²) in [5, 5.41) is 4.01. The fraction of sp³-hybridized carbons (Fsp3) is 0.107. The minimum absolute atomic E-state index is 0.169. The van der Waals surface area contributed by atoms with Gasteiger partial charge in [0.2, 0.25) is 11.9 Å². The molecule has 1 aromatic heterocycles. The first-order chi connectivity index (χ1) is 17.3. The number of amides is 2. The molecule has 0 fully saturated rings. The van der Waals surface area contributed by atoms with Gasteiger partial charge in [0.1, 0.15) is 6.54 Å². The molecule has 4 rings (SSSR count). The van der Waals surface area contributed by atoms with Crippen molar-refractivity contribution in [2.45, 2.75) is 6.92 Å². The zero-order valence-corrected chi connectivity index (χ0v) is 21.1. The predicted octanol–water partition coefficient (Wildman–Crippen LogP) is 6.42. The van der Waals surface area contributed by atoms with Gasteiger partial charge in [-0.25, -0.2) is 4.98 Å². The summed E-state index contributed by atoms with van der Waals surface area (Å²) in [7, 11) is 0. The Morgan fingerprint density at radius 2 is 1.75 bits per heavy atom. The van der Waals surface area contributed by atoms with Gasteiger partial charge in [-0.3, -0.25) is 19.5 Å². The molecule has 0 aliphatic heterocycles. The van der Waals surface area contributed by atoms with Crippen LogP contribution in [-0.4, -0.2) is 39.4 Å². The van der Waals surface area contributed by atoms with E-state index in [9.17, 15) is 9.59 Å². The molecular formula is C28H24Cl2N4O2. The van der Waals surface area contributed by atoms with Crippen LogP contribution in [-0.2, 0) is 4.79 Å². The maximum atomic E-state index is 13.1. The predicted molar refractivity (Wildman–Crippen MR) is 145 cm³/mol. The van der Waals surface area contributed by atoms with Crippen LogP contribution in [0, 0.1) is 6.92 Å². The average molecular weight is 519 g/mol. The Labute approximate surface area is 219 Å². The lowest BCUT2D eigenvalue weighted by molar-refractivity contribution is -0.116. The second-order valence-electron chi connectivity index (χ2n) is 8.20. The van der Waals surface area contributed by atoms with E-state index >= 15 is 0 Å². The van der Waals surface area contributed by atoms with Gasteiger partial charge in [0.15, 0.2) is 0 Å². The lowest BCUT2D eigenvalue weighted by Gasteiger charge is -2.21. The van der Waals surface area contributed by atoms with Crippen LogP contribution in [0.2, 0.25) is 10.0 Å². The summed E-state index contributed by atoms with van der Waals surface area (Å²) < 4.78 is 1.74. The van der Waals surface area contributed by atoms with Gasteiger partial charge in [0, 0.05) is 39.6 Å². The number of carbonyl (C=O) groups is 2. The number of halogens is 2. The highest BCUT2D eigenvalue weighted by Gasteiger charge is 2.20. The Hall–Kier alpha value is -3.87. The Balaban J connectivity index is 1.61. The molecule has 182 valence electrons. The number of aryl methyl sites for hydroxylation is 1. The summed E-state index contributed by atoms with van der Waals surface area (Å²) >= 11 is 12.2. The Morgan fingerprint density at radius 1 is 1.03 bits per heavy atom. The summed E-state index contributed by atoms with van der Waals surface area (Å²) in [4.78, 5) is 32.2. The summed E-state index contributed by atoms with van der Waals surface area (Å²) in [6.07, 6.45) is 3.40. The van der Waals surface area contributed by atoms with Crippen LogP contribution in [0.1, 0.15) is 15.9 Å². The molecule has 1 N–H and O–H groups in total. The van der Waals surface area contributed by atoms with Gasteiger partial charge in [-0.2, -0.15) is 0 Å². The normalized spacial score (nSPS) is 10.6. The van der Waals surface area contributed by atoms with Crippen molar-refractivity contribution < 1.29 is 9.59 Å². The summed E-state index contributed by atoms with van der Waals surface area (Å²) in [6, 6.07) is 21.7. The third-order valence-corrected chi connectivity index (χ3v) is 5.94. The number of carbonyl (C=O) groups excluding carboxylic acids is 2. The number of imidazole rings is 1. The van der Waals surface area contributed by atoms with Crippen molar-refractivity contribution in [3.8, 4) is 16.9 Å². The number of rotatable bonds is 8. The highest BCUT2D eigenvalue weighted by atomic mass is 35.5. The Kier molecular flexibility index (Phi) is 7.88. The average Bonchev–Trinajstić information content (AvgIpc) is 3.28. The zero-order valence-electron chi connectivity index (χ0n) is 19.6. The lowest BCUT2D eigenvalue weighted by atomic mass is 10.1. The molecule has 6 nitrogen and oxygen atoms in total. The van der Waals surface area contributed by atoms with Gasteiger partial charge >= 0.3 is 0 Å². The topological polar surface area (TPSA) is 67.2 Å². The van der Waals surface area contributed by atoms with E-state index in [2.05, 4.69) is 16.9 Å². The van der Waals surface area contributed by atoms with Gasteiger partial charge in [-0.05, 0) is 49.4 Å². The minimum Gasteiger partial charge on any atom is -0.326 e. The molecule has 36 heavy (non-hydrogen) atoms. The number of hydrogen-bond donors (Lipinski definition) is 1. The van der Waals surface area contributed by atoms with Crippen molar-refractivity contribution >= 4 is 41.0 Å². The lowest BCUT2D eigenvalue weighted by Crippen LogP contribution is -2.38. The van der Waals surface area contributed by atoms with E-state index in [0.29, 0.717) is 27.3 Å². The maximum Gasteiger partial charge on any atom is 0.254 e. The first-order valence-corrected chi connectivity index (χ1v) is 12.0. The second-order valence-corrected chi connectivity index (χ2v) is 9.07. The molecule has 2 amide bonds. The molecule has 0 aliphatic carbocycles. The van der Waals surface area contributed by atoms with E-state index in [4.69, 9.17) is 23.2 Å². The first-order valence-electron chi connectivity index (χ1n) is 11.2. The molecule has 0 unspecified atom stereocenters. The van der Waals surface area contributed by atoms with Crippen LogP contribution in [0.4, 0.5) is 5.95 Å². The number of aromatic nitrogens is 2. The monoisotopic (exact) mass is 518 g/mol. The van der Waals surface area contributed by atoms with Gasteiger partial charge in [0.25, 0.3) is 5.91 Å². The molecule has 4 aromatic rings. The Morgan fingerprint density at radius 3 is 2.42 bits per heavy atom. The molecule has 0 saturated heterocycles. The molecule has 0 radical (unpaired) electrons. The fourth-order valence-electron chi connectivity index (χ4n) is 3.64. The smallest absolute Gasteiger partial charge is 0.254 e. The molecule has 0 bridgehead atoms. The van der Waals surface area contributed by atoms with Crippen molar-refractivity contribution in [1.29, 1.82) is 0 Å². The van der Waals surface area contributed by atoms with E-state index in [-0.39, 0.29) is 19.0 Å². The highest BCUT2D eigenvalue weighted by molar-refractivity contribution is 6.31. The standard InChI is InChI=1S/C28H24Cl2N4O2/c1-3-15-33(27(36)21-9-7-19(2)8-10-21)18-26(35)32-28-31-25(20-11-13-22(29)14-12-20)17-34(28)24-6-4-5-23(30)16-24/h3-14,16-17H,1,15,18H2,2H3,(H,31,32,35). The summed E-state index contributed by atoms with van der Waals surface area (Å²) in [5.41, 5.74) is 3.74. The van der Waals surface area contributed by atoms with E-state index in [0.717, 1.165) is 16.8 Å². The van der Waals surface area contributed by atoms with E-state index in [1.54, 1.807) is 47.0 Å². The van der Waals surface area contributed by atoms with Gasteiger partial charge < -0.3 is 4.90 Å². The van der Waals surface area contributed by atoms with E-state index in [1.165, 1.54) is 4.90 Å². The maximum absolute atomic E-state index is 13.1. The molecule has 8 heteroatoms. The molecule has 0 spiro atoms. The van der Waals surface area contributed by atoms with Crippen molar-refractivity contribution in [2.75, 3.05) is 18.4 Å². The molecule has 1 heterocycles. The van der Waals surface area contributed by atoms with Crippen molar-refractivity contribution in [1.82, 2.24) is 14.5 Å². The number of nitrogens with one attached hydrogen (secondary N) is 1. The largest absolute Gasteiger partial charge is 0.326 e. The van der Waals surface area contributed by atoms with Crippen LogP contribution in [0.3, 0.4) is 0 Å². The number of nitrogens with zero attached hydrogens (tertiary/aromatic N) is 3. The summed E-state index contributed by atoms with van der Waals surface area (Å²) in [6.45, 7) is 5.72. The van der Waals surface area contributed by atoms with Crippen LogP contribution in [0.5, 0.6) is 0 Å². The number of hydrogen-bond acceptors (Lipinski definition) is 3. The molecular weight excluding hydrogens is 495 g/mol. The van der Waals surface area contributed by atoms with Gasteiger partial charge in [0.05, 0.1) is 5.69 Å². The van der Waals surface area contributed by atoms with Crippen LogP contribution < -0.4 is 5.32 Å². The second kappa shape index (κ2) is 11.2. The number of benzene rings is 3. The third kappa shape index (κ3) is 6.03. The minimum atomic E-state index is -0.395. The molecule has 0 saturated carbocycles. The van der Waals surface area contributed by atoms with Crippen molar-refractivity contribution in [3.05, 3.63) is 113 Å². The quantitative estimate of drug-likeness (QED) is 0.273. The van der Waals surface area contributed by atoms with Crippen LogP contribution >= 0.6 is 23.2 Å². The van der Waals surface area contributed by atoms with Crippen LogP contribution in [0.25, 0.3) is 16.9 Å². The SMILES string of the molecule is C=CCN(CC(=O)Nc1nc(-c2ccc(Cl)cc2)cn1-c1cccc(Cl)c1)C(=O)c1ccc(C)cc1. The Bertz CT molecular complexity index is 1400. The zero-order chi connectivity index (χ0) is 25.7. The third-order valence-electron chi connectivity index (χ3n) is 5.45. The fourth-order valence-corrected chi connectivity index (χ4v) is 3.95. The van der Waals surface area contributed by atoms with Gasteiger partial charge in [-0.15, -0.1) is 6.58 Å². The van der Waals surface area contributed by atoms with Crippen LogP contribution in [0.15, 0.2) is 91.6 Å². The van der Waals surface area contributed by atoms with E-state index < -0.39 is 5.91 Å². The van der Waals surface area contributed by atoms with E-state index in [1.807, 2.05) is 49.5 Å². The first kappa shape index (κ1) is 25.2. The molecule has 0 atom stereocenters. The molecule has 0 aliphatic rings. The van der Waals surface area contributed by atoms with Crippen molar-refractivity contribution in [3.63, 3.8) is 0 Å². The van der Waals surface area contributed by atoms with Gasteiger partial charge in [-0.1, -0.05) is 65.2 Å². The highest BCUT2D eigenvalue weighted by Crippen LogP contribution is 2.26. The molecule has 3 aromatic carbocycles.